The molecule has 1 fully saturated rings. The van der Waals surface area contributed by atoms with E-state index in [4.69, 9.17) is 4.74 Å². The third kappa shape index (κ3) is 3.07. The molecule has 0 aromatic carbocycles. The molecule has 2 rings (SSSR count). The summed E-state index contributed by atoms with van der Waals surface area (Å²) in [4.78, 5) is 18.0. The quantitative estimate of drug-likeness (QED) is 0.863. The monoisotopic (exact) mass is 252 g/mol. The first-order valence-corrected chi connectivity index (χ1v) is 6.45. The van der Waals surface area contributed by atoms with Gasteiger partial charge in [-0.05, 0) is 18.8 Å². The highest BCUT2D eigenvalue weighted by atomic mass is 16.5. The molecule has 0 bridgehead atoms. The van der Waals surface area contributed by atoms with Crippen molar-refractivity contribution in [3.05, 3.63) is 11.6 Å². The normalized spacial score (nSPS) is 16.8. The van der Waals surface area contributed by atoms with Crippen LogP contribution in [0.1, 0.15) is 36.2 Å². The van der Waals surface area contributed by atoms with Gasteiger partial charge in [-0.25, -0.2) is 4.98 Å². The number of aromatic amines is 1. The Balaban J connectivity index is 1.91. The molecule has 18 heavy (non-hydrogen) atoms. The average molecular weight is 252 g/mol. The average Bonchev–Trinajstić information content (AvgIpc) is 2.87. The van der Waals surface area contributed by atoms with E-state index in [0.717, 1.165) is 44.8 Å². The summed E-state index contributed by atoms with van der Waals surface area (Å²) in [5, 5.41) is 6.72. The zero-order valence-electron chi connectivity index (χ0n) is 11.0. The van der Waals surface area contributed by atoms with E-state index >= 15 is 0 Å². The van der Waals surface area contributed by atoms with Gasteiger partial charge < -0.3 is 9.64 Å². The van der Waals surface area contributed by atoms with Gasteiger partial charge in [-0.1, -0.05) is 6.92 Å². The molecule has 0 aliphatic carbocycles. The first-order chi connectivity index (χ1) is 8.70. The van der Waals surface area contributed by atoms with E-state index in [9.17, 15) is 4.79 Å². The summed E-state index contributed by atoms with van der Waals surface area (Å²) in [5.41, 5.74) is 0. The zero-order chi connectivity index (χ0) is 13.0. The second kappa shape index (κ2) is 5.95. The number of nitrogens with one attached hydrogen (secondary N) is 1. The van der Waals surface area contributed by atoms with Gasteiger partial charge in [0.05, 0.1) is 0 Å². The number of aromatic nitrogens is 3. The van der Waals surface area contributed by atoms with Crippen molar-refractivity contribution in [1.82, 2.24) is 20.1 Å². The third-order valence-electron chi connectivity index (χ3n) is 3.28. The highest BCUT2D eigenvalue weighted by Gasteiger charge is 2.21. The van der Waals surface area contributed by atoms with Gasteiger partial charge in [0.15, 0.2) is 0 Å². The number of carbonyl (C=O) groups excluding carboxylic acids is 1. The van der Waals surface area contributed by atoms with Crippen molar-refractivity contribution >= 4 is 5.91 Å². The van der Waals surface area contributed by atoms with E-state index in [2.05, 4.69) is 15.2 Å². The Hall–Kier alpha value is -1.43. The van der Waals surface area contributed by atoms with E-state index < -0.39 is 0 Å². The van der Waals surface area contributed by atoms with Crippen LogP contribution in [0.2, 0.25) is 0 Å². The van der Waals surface area contributed by atoms with Crippen LogP contribution in [0.25, 0.3) is 0 Å². The minimum atomic E-state index is -0.113. The predicted octanol–water partition coefficient (Wildman–Crippen LogP) is 0.866. The molecular weight excluding hydrogens is 232 g/mol. The lowest BCUT2D eigenvalue weighted by Crippen LogP contribution is -2.34. The minimum Gasteiger partial charge on any atom is -0.381 e. The number of hydrogen-bond acceptors (Lipinski definition) is 4. The number of nitrogens with zero attached hydrogens (tertiary/aromatic N) is 3. The molecule has 1 N–H and O–H groups in total. The highest BCUT2D eigenvalue weighted by Crippen LogP contribution is 2.16. The molecule has 1 aliphatic rings. The topological polar surface area (TPSA) is 71.1 Å². The fourth-order valence-corrected chi connectivity index (χ4v) is 2.12. The van der Waals surface area contributed by atoms with Gasteiger partial charge in [0.1, 0.15) is 5.82 Å². The van der Waals surface area contributed by atoms with E-state index in [1.54, 1.807) is 11.9 Å². The Kier molecular flexibility index (Phi) is 4.30. The highest BCUT2D eigenvalue weighted by molar-refractivity contribution is 5.90. The van der Waals surface area contributed by atoms with Crippen LogP contribution in [0.4, 0.5) is 0 Å². The van der Waals surface area contributed by atoms with Crippen molar-refractivity contribution in [3.8, 4) is 0 Å². The lowest BCUT2D eigenvalue weighted by molar-refractivity contribution is 0.0493. The van der Waals surface area contributed by atoms with Crippen LogP contribution in [0.3, 0.4) is 0 Å². The SMILES string of the molecule is CCc1nc(C(=O)N(C)CC2CCOCC2)n[nH]1. The smallest absolute Gasteiger partial charge is 0.293 e. The molecule has 0 saturated carbocycles. The maximum absolute atomic E-state index is 12.1. The number of aryl methyl sites for hydroxylation is 1. The van der Waals surface area contributed by atoms with Crippen LogP contribution in [-0.2, 0) is 11.2 Å². The Morgan fingerprint density at radius 3 is 2.83 bits per heavy atom. The van der Waals surface area contributed by atoms with Crippen molar-refractivity contribution in [2.45, 2.75) is 26.2 Å². The Morgan fingerprint density at radius 1 is 1.50 bits per heavy atom. The van der Waals surface area contributed by atoms with Gasteiger partial charge in [0.2, 0.25) is 5.82 Å². The maximum atomic E-state index is 12.1. The van der Waals surface area contributed by atoms with Crippen LogP contribution in [0.5, 0.6) is 0 Å². The first kappa shape index (κ1) is 13.0. The summed E-state index contributed by atoms with van der Waals surface area (Å²) in [6.45, 7) is 4.32. The molecule has 6 heteroatoms. The van der Waals surface area contributed by atoms with Gasteiger partial charge in [-0.2, -0.15) is 0 Å². The van der Waals surface area contributed by atoms with Gasteiger partial charge in [-0.3, -0.25) is 9.89 Å². The molecule has 1 amide bonds. The van der Waals surface area contributed by atoms with Crippen molar-refractivity contribution in [3.63, 3.8) is 0 Å². The zero-order valence-corrected chi connectivity index (χ0v) is 11.0. The summed E-state index contributed by atoms with van der Waals surface area (Å²) in [5.74, 6) is 1.42. The molecule has 2 heterocycles. The number of amides is 1. The number of H-pyrrole nitrogens is 1. The third-order valence-corrected chi connectivity index (χ3v) is 3.28. The summed E-state index contributed by atoms with van der Waals surface area (Å²) < 4.78 is 5.31. The van der Waals surface area contributed by atoms with Gasteiger partial charge in [0, 0.05) is 33.2 Å². The molecule has 100 valence electrons. The maximum Gasteiger partial charge on any atom is 0.293 e. The summed E-state index contributed by atoms with van der Waals surface area (Å²) in [7, 11) is 1.81. The van der Waals surface area contributed by atoms with Crippen LogP contribution >= 0.6 is 0 Å². The largest absolute Gasteiger partial charge is 0.381 e. The number of ether oxygens (including phenoxy) is 1. The molecule has 0 unspecified atom stereocenters. The van der Waals surface area contributed by atoms with Gasteiger partial charge in [-0.15, -0.1) is 5.10 Å². The van der Waals surface area contributed by atoms with E-state index in [1.807, 2.05) is 6.92 Å². The fraction of sp³-hybridized carbons (Fsp3) is 0.750. The summed E-state index contributed by atoms with van der Waals surface area (Å²) in [6, 6.07) is 0. The summed E-state index contributed by atoms with van der Waals surface area (Å²) in [6.07, 6.45) is 2.79. The number of hydrogen-bond donors (Lipinski definition) is 1. The van der Waals surface area contributed by atoms with Crippen molar-refractivity contribution in [1.29, 1.82) is 0 Å². The molecule has 6 nitrogen and oxygen atoms in total. The number of rotatable bonds is 4. The molecule has 1 aromatic rings. The van der Waals surface area contributed by atoms with Gasteiger partial charge >= 0.3 is 0 Å². The standard InChI is InChI=1S/C12H20N4O2/c1-3-10-13-11(15-14-10)12(17)16(2)8-9-4-6-18-7-5-9/h9H,3-8H2,1-2H3,(H,13,14,15). The molecule has 1 aromatic heterocycles. The van der Waals surface area contributed by atoms with Crippen LogP contribution in [0, 0.1) is 5.92 Å². The molecule has 1 aliphatic heterocycles. The fourth-order valence-electron chi connectivity index (χ4n) is 2.12. The van der Waals surface area contributed by atoms with Crippen LogP contribution in [0.15, 0.2) is 0 Å². The van der Waals surface area contributed by atoms with Gasteiger partial charge in [0.25, 0.3) is 5.91 Å². The Labute approximate surface area is 107 Å². The van der Waals surface area contributed by atoms with Crippen LogP contribution in [-0.4, -0.2) is 52.8 Å². The molecule has 0 radical (unpaired) electrons. The van der Waals surface area contributed by atoms with Crippen molar-refractivity contribution < 1.29 is 9.53 Å². The second-order valence-corrected chi connectivity index (χ2v) is 4.70. The molecule has 0 spiro atoms. The van der Waals surface area contributed by atoms with Crippen LogP contribution < -0.4 is 0 Å². The second-order valence-electron chi connectivity index (χ2n) is 4.70. The predicted molar refractivity (Wildman–Crippen MR) is 66.3 cm³/mol. The van der Waals surface area contributed by atoms with E-state index in [0.29, 0.717) is 5.92 Å². The van der Waals surface area contributed by atoms with Crippen molar-refractivity contribution in [2.75, 3.05) is 26.8 Å². The molecule has 0 atom stereocenters. The number of carbonyl (C=O) groups is 1. The lowest BCUT2D eigenvalue weighted by atomic mass is 10.00. The molecule has 1 saturated heterocycles. The Bertz CT molecular complexity index is 399. The van der Waals surface area contributed by atoms with Crippen molar-refractivity contribution in [2.24, 2.45) is 5.92 Å². The first-order valence-electron chi connectivity index (χ1n) is 6.45. The Morgan fingerprint density at radius 2 is 2.22 bits per heavy atom. The van der Waals surface area contributed by atoms with E-state index in [1.165, 1.54) is 0 Å². The van der Waals surface area contributed by atoms with E-state index in [-0.39, 0.29) is 11.7 Å². The molecular formula is C12H20N4O2. The lowest BCUT2D eigenvalue weighted by Gasteiger charge is -2.26. The summed E-state index contributed by atoms with van der Waals surface area (Å²) >= 11 is 0. The minimum absolute atomic E-state index is 0.113.